The Morgan fingerprint density at radius 2 is 1.11 bits per heavy atom. The van der Waals surface area contributed by atoms with E-state index in [0.717, 1.165) is 89.7 Å². The molecule has 2 aromatic rings. The molecule has 12 nitrogen and oxygen atoms in total. The quantitative estimate of drug-likeness (QED) is 0.367. The molecule has 0 radical (unpaired) electrons. The lowest BCUT2D eigenvalue weighted by molar-refractivity contribution is -0.192. The molecular weight excluding hydrogens is 764 g/mol. The van der Waals surface area contributed by atoms with Crippen LogP contribution in [0.25, 0.3) is 0 Å². The summed E-state index contributed by atoms with van der Waals surface area (Å²) in [5.41, 5.74) is 4.28. The molecule has 2 fully saturated rings. The number of halogens is 5. The number of para-hydroxylation sites is 2. The molecule has 0 aliphatic carbocycles. The minimum Gasteiger partial charge on any atom is -0.475 e. The van der Waals surface area contributed by atoms with Crippen LogP contribution in [0.2, 0.25) is 0 Å². The van der Waals surface area contributed by atoms with E-state index in [0.29, 0.717) is 25.9 Å². The van der Waals surface area contributed by atoms with Crippen LogP contribution in [-0.2, 0) is 32.0 Å². The second kappa shape index (κ2) is 22.2. The zero-order valence-electron chi connectivity index (χ0n) is 31.8. The van der Waals surface area contributed by atoms with Crippen LogP contribution in [0.5, 0.6) is 0 Å². The van der Waals surface area contributed by atoms with E-state index in [1.54, 1.807) is 4.90 Å². The summed E-state index contributed by atoms with van der Waals surface area (Å²) in [6.07, 6.45) is -2.25. The summed E-state index contributed by atoms with van der Waals surface area (Å²) in [5, 5.41) is 10.7. The largest absolute Gasteiger partial charge is 0.490 e. The van der Waals surface area contributed by atoms with Crippen molar-refractivity contribution in [1.82, 2.24) is 20.0 Å². The number of nitrogens with one attached hydrogen (secondary N) is 1. The van der Waals surface area contributed by atoms with Gasteiger partial charge in [-0.25, -0.2) is 9.59 Å². The van der Waals surface area contributed by atoms with Crippen LogP contribution < -0.4 is 15.1 Å². The molecule has 17 heteroatoms. The molecule has 2 aromatic carbocycles. The molecule has 0 aromatic heterocycles. The molecule has 55 heavy (non-hydrogen) atoms. The van der Waals surface area contributed by atoms with Gasteiger partial charge in [0.05, 0.1) is 5.34 Å². The van der Waals surface area contributed by atoms with Gasteiger partial charge in [0.2, 0.25) is 11.8 Å². The van der Waals surface area contributed by atoms with Crippen LogP contribution in [0.15, 0.2) is 48.5 Å². The van der Waals surface area contributed by atoms with Gasteiger partial charge in [0.15, 0.2) is 0 Å². The highest BCUT2D eigenvalue weighted by molar-refractivity contribution is 6.40. The number of carbonyl (C=O) groups excluding carboxylic acids is 3. The normalized spacial score (nSPS) is 17.0. The number of hydrogen-bond acceptors (Lipinski definition) is 8. The fourth-order valence-electron chi connectivity index (χ4n) is 6.39. The molecule has 2 N–H and O–H groups in total. The first-order valence-electron chi connectivity index (χ1n) is 18.4. The molecule has 306 valence electrons. The topological polar surface area (TPSA) is 126 Å². The number of amides is 3. The van der Waals surface area contributed by atoms with Crippen LogP contribution in [0, 0.1) is 0 Å². The molecule has 4 aliphatic heterocycles. The van der Waals surface area contributed by atoms with E-state index in [2.05, 4.69) is 33.3 Å². The van der Waals surface area contributed by atoms with Crippen molar-refractivity contribution in [2.75, 3.05) is 93.7 Å². The van der Waals surface area contributed by atoms with Gasteiger partial charge >= 0.3 is 18.2 Å². The van der Waals surface area contributed by atoms with Crippen molar-refractivity contribution >= 4 is 58.5 Å². The third-order valence-electron chi connectivity index (χ3n) is 9.14. The van der Waals surface area contributed by atoms with Crippen molar-refractivity contribution in [3.63, 3.8) is 0 Å². The summed E-state index contributed by atoms with van der Waals surface area (Å²) >= 11 is 9.53. The van der Waals surface area contributed by atoms with Gasteiger partial charge in [-0.1, -0.05) is 36.4 Å². The van der Waals surface area contributed by atoms with Gasteiger partial charge in [0.1, 0.15) is 5.60 Å². The summed E-state index contributed by atoms with van der Waals surface area (Å²) < 4.78 is 37.2. The van der Waals surface area contributed by atoms with Crippen molar-refractivity contribution in [1.29, 1.82) is 0 Å². The second-order valence-electron chi connectivity index (χ2n) is 14.2. The summed E-state index contributed by atoms with van der Waals surface area (Å²) in [4.78, 5) is 56.2. The van der Waals surface area contributed by atoms with E-state index in [9.17, 15) is 27.6 Å². The smallest absolute Gasteiger partial charge is 0.475 e. The van der Waals surface area contributed by atoms with Gasteiger partial charge in [0.25, 0.3) is 0 Å². The second-order valence-corrected chi connectivity index (χ2v) is 15.0. The molecule has 6 rings (SSSR count). The third-order valence-corrected chi connectivity index (χ3v) is 9.14. The van der Waals surface area contributed by atoms with E-state index < -0.39 is 17.7 Å². The highest BCUT2D eigenvalue weighted by Gasteiger charge is 2.38. The number of hydrogen-bond donors (Lipinski definition) is 2. The number of carboxylic acid groups (broad SMARTS) is 1. The van der Waals surface area contributed by atoms with Gasteiger partial charge in [-0.15, -0.1) is 23.2 Å². The molecule has 0 bridgehead atoms. The highest BCUT2D eigenvalue weighted by Crippen LogP contribution is 2.29. The molecule has 4 heterocycles. The minimum atomic E-state index is -5.08. The SMILES string of the molecule is CC(C)(C)OC(=O)N1CCN(CCC(=O)N2CCc3ccccc32)CC1.ClCCl.O=C(CCN1CCNCC1)N1CCc2ccccc21.O=C(O)C(F)(F)F. The number of benzene rings is 2. The van der Waals surface area contributed by atoms with Crippen LogP contribution in [0.3, 0.4) is 0 Å². The van der Waals surface area contributed by atoms with Gasteiger partial charge in [-0.2, -0.15) is 13.2 Å². The highest BCUT2D eigenvalue weighted by atomic mass is 35.5. The molecule has 4 aliphatic rings. The lowest BCUT2D eigenvalue weighted by Gasteiger charge is -2.35. The number of anilines is 2. The van der Waals surface area contributed by atoms with Gasteiger partial charge in [-0.05, 0) is 56.9 Å². The number of nitrogens with zero attached hydrogens (tertiary/aromatic N) is 5. The maximum atomic E-state index is 12.6. The molecule has 0 unspecified atom stereocenters. The average Bonchev–Trinajstić information content (AvgIpc) is 3.79. The number of ether oxygens (including phenoxy) is 1. The predicted molar refractivity (Wildman–Crippen MR) is 208 cm³/mol. The maximum Gasteiger partial charge on any atom is 0.490 e. The van der Waals surface area contributed by atoms with E-state index in [4.69, 9.17) is 37.8 Å². The Balaban J connectivity index is 0.000000244. The Bertz CT molecular complexity index is 1550. The zero-order valence-corrected chi connectivity index (χ0v) is 33.3. The van der Waals surface area contributed by atoms with Crippen LogP contribution >= 0.6 is 23.2 Å². The van der Waals surface area contributed by atoms with E-state index in [-0.39, 0.29) is 23.2 Å². The standard InChI is InChI=1S/C20H29N3O3.C15H21N3O.C2HF3O2.CH2Cl2/c1-20(2,3)26-19(25)22-14-12-21(13-15-22)10-9-18(24)23-11-8-16-6-4-5-7-17(16)23;19-15(6-9-17-11-7-16-8-12-17)18-10-5-13-3-1-2-4-14(13)18;3-2(4,5)1(6)7;2-1-3/h4-7H,8-15H2,1-3H3;1-4,16H,5-12H2;(H,6,7);1H2. The third kappa shape index (κ3) is 15.4. The zero-order chi connectivity index (χ0) is 40.6. The van der Waals surface area contributed by atoms with Crippen LogP contribution in [0.4, 0.5) is 29.3 Å². The Morgan fingerprint density at radius 3 is 1.51 bits per heavy atom. The fraction of sp³-hybridized carbons (Fsp3) is 0.579. The van der Waals surface area contributed by atoms with Crippen molar-refractivity contribution in [2.24, 2.45) is 0 Å². The monoisotopic (exact) mass is 816 g/mol. The first-order chi connectivity index (χ1) is 26.0. The average molecular weight is 818 g/mol. The van der Waals surface area contributed by atoms with Gasteiger partial charge in [-0.3, -0.25) is 14.5 Å². The molecular formula is C38H53Cl2F3N6O6. The Morgan fingerprint density at radius 1 is 0.709 bits per heavy atom. The Labute approximate surface area is 331 Å². The lowest BCUT2D eigenvalue weighted by Crippen LogP contribution is -2.50. The van der Waals surface area contributed by atoms with Crippen molar-refractivity contribution in [3.8, 4) is 0 Å². The molecule has 0 spiro atoms. The maximum absolute atomic E-state index is 12.6. The summed E-state index contributed by atoms with van der Waals surface area (Å²) in [5.74, 6) is -2.31. The summed E-state index contributed by atoms with van der Waals surface area (Å²) in [6.45, 7) is 16.0. The molecule has 3 amide bonds. The number of piperazine rings is 2. The minimum absolute atomic E-state index is 0.185. The number of fused-ring (bicyclic) bond motifs is 2. The Kier molecular flexibility index (Phi) is 18.5. The van der Waals surface area contributed by atoms with Crippen LogP contribution in [-0.4, -0.2) is 139 Å². The van der Waals surface area contributed by atoms with Gasteiger partial charge in [0, 0.05) is 103 Å². The van der Waals surface area contributed by atoms with E-state index in [1.807, 2.05) is 60.9 Å². The molecule has 0 atom stereocenters. The molecule has 2 saturated heterocycles. The fourth-order valence-corrected chi connectivity index (χ4v) is 6.39. The number of carbonyl (C=O) groups is 4. The molecule has 0 saturated carbocycles. The summed E-state index contributed by atoms with van der Waals surface area (Å²) in [6, 6.07) is 16.4. The van der Waals surface area contributed by atoms with Crippen molar-refractivity contribution < 1.29 is 42.2 Å². The van der Waals surface area contributed by atoms with E-state index in [1.165, 1.54) is 11.1 Å². The van der Waals surface area contributed by atoms with E-state index >= 15 is 0 Å². The number of aliphatic carboxylic acids is 1. The number of alkyl halides is 5. The van der Waals surface area contributed by atoms with Crippen molar-refractivity contribution in [3.05, 3.63) is 59.7 Å². The number of rotatable bonds is 6. The lowest BCUT2D eigenvalue weighted by atomic mass is 10.2. The predicted octanol–water partition coefficient (Wildman–Crippen LogP) is 5.44. The summed E-state index contributed by atoms with van der Waals surface area (Å²) in [7, 11) is 0. The first-order valence-corrected chi connectivity index (χ1v) is 19.4. The van der Waals surface area contributed by atoms with Gasteiger partial charge < -0.3 is 34.8 Å². The number of carboxylic acids is 1. The van der Waals surface area contributed by atoms with Crippen molar-refractivity contribution in [2.45, 2.75) is 58.2 Å². The Hall–Kier alpha value is -3.63. The first kappa shape index (κ1) is 45.8. The van der Waals surface area contributed by atoms with Crippen LogP contribution in [0.1, 0.15) is 44.7 Å².